The van der Waals surface area contributed by atoms with E-state index in [4.69, 9.17) is 4.74 Å². The minimum absolute atomic E-state index is 0.0548. The van der Waals surface area contributed by atoms with E-state index in [1.807, 2.05) is 37.3 Å². The predicted octanol–water partition coefficient (Wildman–Crippen LogP) is 6.31. The standard InChI is InChI=1S/C23H31NO2/c1-3-4-5-6-7-11-16-26-22-15-14-21(23(25)17-22)18-24-19(2)20-12-9-8-10-13-20/h8-10,12-15,17-19,25H,3-7,11,16H2,1-2H3/t19-/m1/s1. The smallest absolute Gasteiger partial charge is 0.128 e. The van der Waals surface area contributed by atoms with Gasteiger partial charge >= 0.3 is 0 Å². The van der Waals surface area contributed by atoms with Crippen LogP contribution in [0.4, 0.5) is 0 Å². The van der Waals surface area contributed by atoms with E-state index in [-0.39, 0.29) is 11.8 Å². The Labute approximate surface area is 157 Å². The number of aliphatic imine (C=N–C) groups is 1. The van der Waals surface area contributed by atoms with Crippen LogP contribution in [0, 0.1) is 0 Å². The number of aromatic hydroxyl groups is 1. The summed E-state index contributed by atoms with van der Waals surface area (Å²) in [6.07, 6.45) is 9.17. The molecule has 2 aromatic rings. The quantitative estimate of drug-likeness (QED) is 0.380. The molecule has 0 radical (unpaired) electrons. The van der Waals surface area contributed by atoms with Crippen molar-refractivity contribution in [3.8, 4) is 11.5 Å². The van der Waals surface area contributed by atoms with Crippen molar-refractivity contribution in [1.82, 2.24) is 0 Å². The van der Waals surface area contributed by atoms with Gasteiger partial charge in [0.05, 0.1) is 12.6 Å². The molecule has 140 valence electrons. The first kappa shape index (κ1) is 20.0. The number of nitrogens with zero attached hydrogens (tertiary/aromatic N) is 1. The Bertz CT molecular complexity index is 667. The fraction of sp³-hybridized carbons (Fsp3) is 0.435. The lowest BCUT2D eigenvalue weighted by Crippen LogP contribution is -1.98. The molecule has 0 aromatic heterocycles. The van der Waals surface area contributed by atoms with Crippen LogP contribution in [-0.2, 0) is 0 Å². The molecule has 0 bridgehead atoms. The summed E-state index contributed by atoms with van der Waals surface area (Å²) < 4.78 is 5.74. The molecule has 0 aliphatic carbocycles. The van der Waals surface area contributed by atoms with Crippen molar-refractivity contribution in [1.29, 1.82) is 0 Å². The van der Waals surface area contributed by atoms with E-state index in [9.17, 15) is 5.11 Å². The van der Waals surface area contributed by atoms with Gasteiger partial charge in [-0.05, 0) is 31.0 Å². The van der Waals surface area contributed by atoms with Crippen molar-refractivity contribution in [2.45, 2.75) is 58.4 Å². The maximum absolute atomic E-state index is 10.2. The van der Waals surface area contributed by atoms with Gasteiger partial charge in [0.25, 0.3) is 0 Å². The van der Waals surface area contributed by atoms with E-state index in [1.165, 1.54) is 32.1 Å². The van der Waals surface area contributed by atoms with Gasteiger partial charge in [-0.25, -0.2) is 0 Å². The summed E-state index contributed by atoms with van der Waals surface area (Å²) in [6, 6.07) is 15.6. The molecule has 0 heterocycles. The van der Waals surface area contributed by atoms with Crippen LogP contribution in [-0.4, -0.2) is 17.9 Å². The third-order valence-corrected chi connectivity index (χ3v) is 4.49. The van der Waals surface area contributed by atoms with E-state index in [0.29, 0.717) is 17.9 Å². The molecule has 0 saturated carbocycles. The molecule has 2 rings (SSSR count). The number of unbranched alkanes of at least 4 members (excludes halogenated alkanes) is 5. The number of hydrogen-bond acceptors (Lipinski definition) is 3. The predicted molar refractivity (Wildman–Crippen MR) is 109 cm³/mol. The summed E-state index contributed by atoms with van der Waals surface area (Å²) in [4.78, 5) is 4.54. The van der Waals surface area contributed by atoms with E-state index >= 15 is 0 Å². The van der Waals surface area contributed by atoms with Gasteiger partial charge in [0.2, 0.25) is 0 Å². The molecule has 2 aromatic carbocycles. The Morgan fingerprint density at radius 1 is 1.00 bits per heavy atom. The third-order valence-electron chi connectivity index (χ3n) is 4.49. The van der Waals surface area contributed by atoms with Gasteiger partial charge in [-0.3, -0.25) is 4.99 Å². The van der Waals surface area contributed by atoms with Crippen molar-refractivity contribution >= 4 is 6.21 Å². The molecule has 1 N–H and O–H groups in total. The minimum atomic E-state index is 0.0548. The van der Waals surface area contributed by atoms with Crippen LogP contribution in [0.25, 0.3) is 0 Å². The van der Waals surface area contributed by atoms with Crippen molar-refractivity contribution in [3.63, 3.8) is 0 Å². The summed E-state index contributed by atoms with van der Waals surface area (Å²) in [5.41, 5.74) is 1.86. The average molecular weight is 354 g/mol. The molecule has 0 unspecified atom stereocenters. The Morgan fingerprint density at radius 2 is 1.73 bits per heavy atom. The molecular formula is C23H31NO2. The van der Waals surface area contributed by atoms with Gasteiger partial charge in [0.15, 0.2) is 0 Å². The van der Waals surface area contributed by atoms with Crippen LogP contribution in [0.3, 0.4) is 0 Å². The Morgan fingerprint density at radius 3 is 2.46 bits per heavy atom. The lowest BCUT2D eigenvalue weighted by atomic mass is 10.1. The molecule has 0 amide bonds. The molecule has 0 fully saturated rings. The lowest BCUT2D eigenvalue weighted by molar-refractivity contribution is 0.302. The molecular weight excluding hydrogens is 322 g/mol. The van der Waals surface area contributed by atoms with Crippen LogP contribution >= 0.6 is 0 Å². The second-order valence-electron chi connectivity index (χ2n) is 6.70. The summed E-state index contributed by atoms with van der Waals surface area (Å²) in [7, 11) is 0. The van der Waals surface area contributed by atoms with Crippen LogP contribution in [0.5, 0.6) is 11.5 Å². The molecule has 26 heavy (non-hydrogen) atoms. The Balaban J connectivity index is 1.80. The summed E-state index contributed by atoms with van der Waals surface area (Å²) in [5.74, 6) is 0.916. The van der Waals surface area contributed by atoms with E-state index in [0.717, 1.165) is 12.0 Å². The molecule has 0 aliphatic heterocycles. The van der Waals surface area contributed by atoms with Crippen LogP contribution < -0.4 is 4.74 Å². The summed E-state index contributed by atoms with van der Waals surface area (Å²) >= 11 is 0. The van der Waals surface area contributed by atoms with Crippen LogP contribution in [0.15, 0.2) is 53.5 Å². The molecule has 0 aliphatic rings. The topological polar surface area (TPSA) is 41.8 Å². The fourth-order valence-electron chi connectivity index (χ4n) is 2.80. The highest BCUT2D eigenvalue weighted by molar-refractivity contribution is 5.83. The first-order valence-electron chi connectivity index (χ1n) is 9.74. The highest BCUT2D eigenvalue weighted by Gasteiger charge is 2.04. The van der Waals surface area contributed by atoms with Crippen molar-refractivity contribution in [2.75, 3.05) is 6.61 Å². The number of phenolic OH excluding ortho intramolecular Hbond substituents is 1. The van der Waals surface area contributed by atoms with Crippen LogP contribution in [0.1, 0.15) is 69.5 Å². The highest BCUT2D eigenvalue weighted by Crippen LogP contribution is 2.24. The molecule has 1 atom stereocenters. The number of benzene rings is 2. The van der Waals surface area contributed by atoms with E-state index < -0.39 is 0 Å². The Kier molecular flexibility index (Phi) is 8.74. The van der Waals surface area contributed by atoms with Crippen molar-refractivity contribution < 1.29 is 9.84 Å². The first-order chi connectivity index (χ1) is 12.7. The SMILES string of the molecule is CCCCCCCCOc1ccc(C=N[C@H](C)c2ccccc2)c(O)c1. The first-order valence-corrected chi connectivity index (χ1v) is 9.74. The van der Waals surface area contributed by atoms with Gasteiger partial charge in [-0.1, -0.05) is 69.4 Å². The van der Waals surface area contributed by atoms with Gasteiger partial charge in [-0.2, -0.15) is 0 Å². The van der Waals surface area contributed by atoms with Gasteiger partial charge < -0.3 is 9.84 Å². The van der Waals surface area contributed by atoms with Gasteiger partial charge in [0, 0.05) is 17.8 Å². The zero-order valence-corrected chi connectivity index (χ0v) is 16.0. The molecule has 3 nitrogen and oxygen atoms in total. The molecule has 3 heteroatoms. The van der Waals surface area contributed by atoms with Gasteiger partial charge in [-0.15, -0.1) is 0 Å². The second-order valence-corrected chi connectivity index (χ2v) is 6.70. The van der Waals surface area contributed by atoms with Crippen molar-refractivity contribution in [3.05, 3.63) is 59.7 Å². The van der Waals surface area contributed by atoms with Crippen molar-refractivity contribution in [2.24, 2.45) is 4.99 Å². The van der Waals surface area contributed by atoms with E-state index in [1.54, 1.807) is 12.3 Å². The summed E-state index contributed by atoms with van der Waals surface area (Å²) in [5, 5.41) is 10.2. The zero-order chi connectivity index (χ0) is 18.6. The molecule has 0 saturated heterocycles. The van der Waals surface area contributed by atoms with Gasteiger partial charge in [0.1, 0.15) is 11.5 Å². The lowest BCUT2D eigenvalue weighted by Gasteiger charge is -2.09. The van der Waals surface area contributed by atoms with E-state index in [2.05, 4.69) is 24.0 Å². The maximum atomic E-state index is 10.2. The third kappa shape index (κ3) is 6.91. The second kappa shape index (κ2) is 11.3. The fourth-order valence-corrected chi connectivity index (χ4v) is 2.80. The molecule has 0 spiro atoms. The number of hydrogen-bond donors (Lipinski definition) is 1. The Hall–Kier alpha value is -2.29. The maximum Gasteiger partial charge on any atom is 0.128 e. The average Bonchev–Trinajstić information content (AvgIpc) is 2.67. The monoisotopic (exact) mass is 353 g/mol. The normalized spacial score (nSPS) is 12.4. The number of ether oxygens (including phenoxy) is 1. The minimum Gasteiger partial charge on any atom is -0.507 e. The number of rotatable bonds is 11. The largest absolute Gasteiger partial charge is 0.507 e. The summed E-state index contributed by atoms with van der Waals surface area (Å²) in [6.45, 7) is 4.97. The van der Waals surface area contributed by atoms with Crippen LogP contribution in [0.2, 0.25) is 0 Å². The number of phenols is 1. The highest BCUT2D eigenvalue weighted by atomic mass is 16.5. The zero-order valence-electron chi connectivity index (χ0n) is 16.0.